The Bertz CT molecular complexity index is 1190. The van der Waals surface area contributed by atoms with Crippen LogP contribution >= 0.6 is 0 Å². The molecule has 1 N–H and O–H groups in total. The quantitative estimate of drug-likeness (QED) is 0.700. The Labute approximate surface area is 160 Å². The molecule has 144 valence electrons. The second-order valence-electron chi connectivity index (χ2n) is 6.49. The molecule has 28 heavy (non-hydrogen) atoms. The molecule has 0 radical (unpaired) electrons. The molecule has 3 aromatic carbocycles. The lowest BCUT2D eigenvalue weighted by atomic mass is 10.1. The predicted octanol–water partition coefficient (Wildman–Crippen LogP) is 4.05. The zero-order chi connectivity index (χ0) is 19.9. The van der Waals surface area contributed by atoms with E-state index in [2.05, 4.69) is 5.32 Å². The molecule has 8 heteroatoms. The van der Waals surface area contributed by atoms with E-state index in [1.165, 1.54) is 10.4 Å². The molecular formula is C20H16F2N2O3S. The molecule has 0 saturated carbocycles. The van der Waals surface area contributed by atoms with Crippen molar-refractivity contribution < 1.29 is 22.0 Å². The number of hydrogen-bond donors (Lipinski definition) is 1. The van der Waals surface area contributed by atoms with E-state index in [1.54, 1.807) is 24.3 Å². The summed E-state index contributed by atoms with van der Waals surface area (Å²) in [6.45, 7) is 0.140. The van der Waals surface area contributed by atoms with Crippen LogP contribution in [-0.4, -0.2) is 20.9 Å². The Hall–Kier alpha value is -3.00. The number of benzene rings is 3. The summed E-state index contributed by atoms with van der Waals surface area (Å²) >= 11 is 0. The van der Waals surface area contributed by atoms with Crippen LogP contribution in [0, 0.1) is 11.6 Å². The molecule has 0 atom stereocenters. The minimum Gasteiger partial charge on any atom is -0.326 e. The van der Waals surface area contributed by atoms with Gasteiger partial charge in [0.25, 0.3) is 10.0 Å². The SMILES string of the molecule is O=C(CCCN1c2cccc3cccc(c23)S1(=O)=O)Nc1ccc(F)c(F)c1. The number of nitrogens with zero attached hydrogens (tertiary/aromatic N) is 1. The van der Waals surface area contributed by atoms with Crippen LogP contribution in [0.2, 0.25) is 0 Å². The summed E-state index contributed by atoms with van der Waals surface area (Å²) < 4.78 is 53.2. The van der Waals surface area contributed by atoms with Crippen molar-refractivity contribution >= 4 is 38.1 Å². The monoisotopic (exact) mass is 402 g/mol. The zero-order valence-corrected chi connectivity index (χ0v) is 15.5. The number of carbonyl (C=O) groups is 1. The third-order valence-corrected chi connectivity index (χ3v) is 6.51. The smallest absolute Gasteiger partial charge is 0.265 e. The number of halogens is 2. The summed E-state index contributed by atoms with van der Waals surface area (Å²) in [5.41, 5.74) is 0.754. The summed E-state index contributed by atoms with van der Waals surface area (Å²) in [6, 6.07) is 13.6. The first-order valence-electron chi connectivity index (χ1n) is 8.67. The van der Waals surface area contributed by atoms with Gasteiger partial charge in [-0.1, -0.05) is 24.3 Å². The number of rotatable bonds is 5. The Morgan fingerprint density at radius 2 is 1.75 bits per heavy atom. The van der Waals surface area contributed by atoms with E-state index in [-0.39, 0.29) is 30.0 Å². The molecule has 5 nitrogen and oxygen atoms in total. The molecule has 0 fully saturated rings. The second-order valence-corrected chi connectivity index (χ2v) is 8.32. The summed E-state index contributed by atoms with van der Waals surface area (Å²) in [5, 5.41) is 4.01. The average Bonchev–Trinajstić information content (AvgIpc) is 2.88. The molecule has 4 rings (SSSR count). The molecule has 0 spiro atoms. The first kappa shape index (κ1) is 18.4. The van der Waals surface area contributed by atoms with Gasteiger partial charge in [0.1, 0.15) is 0 Å². The molecule has 1 heterocycles. The summed E-state index contributed by atoms with van der Waals surface area (Å²) in [6.07, 6.45) is 0.316. The van der Waals surface area contributed by atoms with Crippen molar-refractivity contribution in [2.75, 3.05) is 16.2 Å². The number of nitrogens with one attached hydrogen (secondary N) is 1. The molecule has 1 amide bonds. The fourth-order valence-corrected chi connectivity index (χ4v) is 5.13. The third kappa shape index (κ3) is 3.09. The maximum atomic E-state index is 13.2. The lowest BCUT2D eigenvalue weighted by Crippen LogP contribution is -2.28. The van der Waals surface area contributed by atoms with Crippen LogP contribution in [0.1, 0.15) is 12.8 Å². The maximum absolute atomic E-state index is 13.2. The highest BCUT2D eigenvalue weighted by atomic mass is 32.2. The predicted molar refractivity (Wildman–Crippen MR) is 103 cm³/mol. The van der Waals surface area contributed by atoms with E-state index in [0.717, 1.165) is 17.5 Å². The van der Waals surface area contributed by atoms with Gasteiger partial charge in [0.15, 0.2) is 11.6 Å². The van der Waals surface area contributed by atoms with Crippen molar-refractivity contribution in [3.63, 3.8) is 0 Å². The minimum atomic E-state index is -3.66. The highest BCUT2D eigenvalue weighted by Gasteiger charge is 2.35. The van der Waals surface area contributed by atoms with Crippen LogP contribution in [0.5, 0.6) is 0 Å². The van der Waals surface area contributed by atoms with Crippen LogP contribution < -0.4 is 9.62 Å². The molecular weight excluding hydrogens is 386 g/mol. The Balaban J connectivity index is 1.45. The topological polar surface area (TPSA) is 66.5 Å². The summed E-state index contributed by atoms with van der Waals surface area (Å²) in [4.78, 5) is 12.3. The molecule has 1 aliphatic rings. The van der Waals surface area contributed by atoms with Crippen LogP contribution in [0.15, 0.2) is 59.5 Å². The number of sulfonamides is 1. The largest absolute Gasteiger partial charge is 0.326 e. The maximum Gasteiger partial charge on any atom is 0.265 e. The first-order chi connectivity index (χ1) is 13.4. The number of anilines is 2. The Morgan fingerprint density at radius 1 is 1.00 bits per heavy atom. The molecule has 0 saturated heterocycles. The van der Waals surface area contributed by atoms with Gasteiger partial charge in [-0.15, -0.1) is 0 Å². The Morgan fingerprint density at radius 3 is 2.50 bits per heavy atom. The molecule has 1 aliphatic heterocycles. The van der Waals surface area contributed by atoms with Gasteiger partial charge in [-0.2, -0.15) is 0 Å². The van der Waals surface area contributed by atoms with E-state index < -0.39 is 27.6 Å². The highest BCUT2D eigenvalue weighted by Crippen LogP contribution is 2.41. The minimum absolute atomic E-state index is 0.0390. The second kappa shape index (κ2) is 6.87. The third-order valence-electron chi connectivity index (χ3n) is 4.65. The van der Waals surface area contributed by atoms with E-state index in [0.29, 0.717) is 11.1 Å². The lowest BCUT2D eigenvalue weighted by Gasteiger charge is -2.18. The van der Waals surface area contributed by atoms with Gasteiger partial charge < -0.3 is 5.32 Å². The Kier molecular flexibility index (Phi) is 4.50. The van der Waals surface area contributed by atoms with E-state index in [1.807, 2.05) is 12.1 Å². The van der Waals surface area contributed by atoms with E-state index in [4.69, 9.17) is 0 Å². The zero-order valence-electron chi connectivity index (χ0n) is 14.7. The van der Waals surface area contributed by atoms with Gasteiger partial charge in [-0.3, -0.25) is 9.10 Å². The van der Waals surface area contributed by atoms with E-state index >= 15 is 0 Å². The molecule has 0 bridgehead atoms. The number of amides is 1. The van der Waals surface area contributed by atoms with Crippen LogP contribution in [0.4, 0.5) is 20.2 Å². The fourth-order valence-electron chi connectivity index (χ4n) is 3.38. The van der Waals surface area contributed by atoms with Crippen molar-refractivity contribution in [2.45, 2.75) is 17.7 Å². The van der Waals surface area contributed by atoms with Gasteiger partial charge in [0, 0.05) is 30.1 Å². The van der Waals surface area contributed by atoms with Crippen LogP contribution in [-0.2, 0) is 14.8 Å². The molecule has 3 aromatic rings. The molecule has 0 unspecified atom stereocenters. The van der Waals surface area contributed by atoms with Gasteiger partial charge >= 0.3 is 0 Å². The lowest BCUT2D eigenvalue weighted by molar-refractivity contribution is -0.116. The number of hydrogen-bond acceptors (Lipinski definition) is 3. The summed E-state index contributed by atoms with van der Waals surface area (Å²) in [7, 11) is -3.66. The highest BCUT2D eigenvalue weighted by molar-refractivity contribution is 7.93. The fraction of sp³-hybridized carbons (Fsp3) is 0.150. The average molecular weight is 402 g/mol. The van der Waals surface area contributed by atoms with Crippen LogP contribution in [0.3, 0.4) is 0 Å². The van der Waals surface area contributed by atoms with Crippen molar-refractivity contribution in [3.8, 4) is 0 Å². The standard InChI is InChI=1S/C20H16F2N2O3S/c21-15-10-9-14(12-16(15)22)23-19(25)8-3-11-24-17-6-1-4-13-5-2-7-18(20(13)17)28(24,26)27/h1-2,4-7,9-10,12H,3,8,11H2,(H,23,25). The normalized spacial score (nSPS) is 14.4. The van der Waals surface area contributed by atoms with Crippen molar-refractivity contribution in [2.24, 2.45) is 0 Å². The van der Waals surface area contributed by atoms with Crippen molar-refractivity contribution in [3.05, 3.63) is 66.2 Å². The van der Waals surface area contributed by atoms with Gasteiger partial charge in [-0.05, 0) is 36.1 Å². The van der Waals surface area contributed by atoms with Gasteiger partial charge in [0.2, 0.25) is 5.91 Å². The van der Waals surface area contributed by atoms with Gasteiger partial charge in [0.05, 0.1) is 10.6 Å². The molecule has 0 aliphatic carbocycles. The summed E-state index contributed by atoms with van der Waals surface area (Å²) in [5.74, 6) is -2.45. The van der Waals surface area contributed by atoms with Crippen LogP contribution in [0.25, 0.3) is 10.8 Å². The number of carbonyl (C=O) groups excluding carboxylic acids is 1. The molecule has 0 aromatic heterocycles. The first-order valence-corrected chi connectivity index (χ1v) is 10.1. The van der Waals surface area contributed by atoms with Crippen molar-refractivity contribution in [1.29, 1.82) is 0 Å². The van der Waals surface area contributed by atoms with Crippen molar-refractivity contribution in [1.82, 2.24) is 0 Å². The van der Waals surface area contributed by atoms with E-state index in [9.17, 15) is 22.0 Å². The van der Waals surface area contributed by atoms with Gasteiger partial charge in [-0.25, -0.2) is 17.2 Å².